The van der Waals surface area contributed by atoms with Crippen LogP contribution in [0.1, 0.15) is 47.2 Å². The van der Waals surface area contributed by atoms with Crippen molar-refractivity contribution in [2.24, 2.45) is 0 Å². The van der Waals surface area contributed by atoms with Gasteiger partial charge in [0.25, 0.3) is 5.91 Å². The number of rotatable bonds is 5. The first kappa shape index (κ1) is 14.1. The monoisotopic (exact) mass is 261 g/mol. The third kappa shape index (κ3) is 2.98. The predicted octanol–water partition coefficient (Wildman–Crippen LogP) is 2.68. The third-order valence-electron chi connectivity index (χ3n) is 4.17. The van der Waals surface area contributed by atoms with E-state index in [1.54, 1.807) is 0 Å². The number of carbonyl (C=O) groups excluding carboxylic acids is 1. The molecular weight excluding hydrogens is 238 g/mol. The van der Waals surface area contributed by atoms with E-state index in [0.29, 0.717) is 19.0 Å². The third-order valence-corrected chi connectivity index (χ3v) is 4.17. The Morgan fingerprint density at radius 2 is 2.11 bits per heavy atom. The number of aliphatic hydroxyl groups excluding tert-OH is 1. The molecule has 1 aliphatic rings. The lowest BCUT2D eigenvalue weighted by Crippen LogP contribution is -2.45. The lowest BCUT2D eigenvalue weighted by atomic mass is 9.90. The molecule has 3 heteroatoms. The van der Waals surface area contributed by atoms with Crippen molar-refractivity contribution in [2.45, 2.75) is 45.6 Å². The summed E-state index contributed by atoms with van der Waals surface area (Å²) in [6, 6.07) is 6.27. The Morgan fingerprint density at radius 3 is 2.68 bits per heavy atom. The lowest BCUT2D eigenvalue weighted by molar-refractivity contribution is 0.0561. The fourth-order valence-electron chi connectivity index (χ4n) is 2.53. The number of carbonyl (C=O) groups is 1. The number of hydrogen-bond donors (Lipinski definition) is 1. The van der Waals surface area contributed by atoms with E-state index in [9.17, 15) is 4.79 Å². The zero-order valence-corrected chi connectivity index (χ0v) is 11.9. The van der Waals surface area contributed by atoms with E-state index in [4.69, 9.17) is 5.11 Å². The van der Waals surface area contributed by atoms with Gasteiger partial charge in [-0.25, -0.2) is 0 Å². The molecule has 0 unspecified atom stereocenters. The highest BCUT2D eigenvalue weighted by molar-refractivity contribution is 5.96. The summed E-state index contributed by atoms with van der Waals surface area (Å²) < 4.78 is 0. The second-order valence-electron chi connectivity index (χ2n) is 5.41. The molecule has 1 amide bonds. The predicted molar refractivity (Wildman–Crippen MR) is 76.3 cm³/mol. The maximum atomic E-state index is 12.7. The zero-order valence-electron chi connectivity index (χ0n) is 11.9. The van der Waals surface area contributed by atoms with Gasteiger partial charge in [-0.3, -0.25) is 4.79 Å². The van der Waals surface area contributed by atoms with Crippen molar-refractivity contribution in [1.29, 1.82) is 0 Å². The van der Waals surface area contributed by atoms with Gasteiger partial charge in [-0.05, 0) is 56.7 Å². The summed E-state index contributed by atoms with van der Waals surface area (Å²) in [6.45, 7) is 4.85. The van der Waals surface area contributed by atoms with Crippen LogP contribution in [0.4, 0.5) is 0 Å². The number of hydrogen-bond acceptors (Lipinski definition) is 2. The Morgan fingerprint density at radius 1 is 1.37 bits per heavy atom. The summed E-state index contributed by atoms with van der Waals surface area (Å²) in [5, 5.41) is 9.00. The maximum Gasteiger partial charge on any atom is 0.254 e. The number of aliphatic hydroxyl groups is 1. The van der Waals surface area contributed by atoms with Crippen molar-refractivity contribution in [1.82, 2.24) is 4.90 Å². The van der Waals surface area contributed by atoms with Crippen LogP contribution in [-0.4, -0.2) is 35.1 Å². The SMILES string of the molecule is Cc1cccc(C(=O)N(CCCO)C2CCC2)c1C. The minimum atomic E-state index is 0.124. The molecule has 0 bridgehead atoms. The van der Waals surface area contributed by atoms with Crippen LogP contribution >= 0.6 is 0 Å². The highest BCUT2D eigenvalue weighted by Crippen LogP contribution is 2.27. The minimum Gasteiger partial charge on any atom is -0.396 e. The molecule has 2 rings (SSSR count). The van der Waals surface area contributed by atoms with E-state index in [0.717, 1.165) is 29.5 Å². The summed E-state index contributed by atoms with van der Waals surface area (Å²) in [6.07, 6.45) is 4.07. The molecule has 19 heavy (non-hydrogen) atoms. The number of benzene rings is 1. The quantitative estimate of drug-likeness (QED) is 0.885. The van der Waals surface area contributed by atoms with Gasteiger partial charge in [-0.15, -0.1) is 0 Å². The average Bonchev–Trinajstić information content (AvgIpc) is 2.34. The molecule has 104 valence electrons. The molecule has 1 saturated carbocycles. The summed E-state index contributed by atoms with van der Waals surface area (Å²) in [5.74, 6) is 0.124. The first-order valence-electron chi connectivity index (χ1n) is 7.13. The molecule has 0 heterocycles. The Kier molecular flexibility index (Phi) is 4.59. The van der Waals surface area contributed by atoms with E-state index in [-0.39, 0.29) is 12.5 Å². The maximum absolute atomic E-state index is 12.7. The average molecular weight is 261 g/mol. The van der Waals surface area contributed by atoms with Gasteiger partial charge in [0.05, 0.1) is 0 Å². The van der Waals surface area contributed by atoms with Crippen LogP contribution in [-0.2, 0) is 0 Å². The smallest absolute Gasteiger partial charge is 0.254 e. The lowest BCUT2D eigenvalue weighted by Gasteiger charge is -2.38. The van der Waals surface area contributed by atoms with E-state index >= 15 is 0 Å². The molecule has 1 aliphatic carbocycles. The molecule has 0 aliphatic heterocycles. The van der Waals surface area contributed by atoms with E-state index in [1.807, 2.05) is 36.9 Å². The second kappa shape index (κ2) is 6.20. The molecule has 1 N–H and O–H groups in total. The van der Waals surface area contributed by atoms with Crippen molar-refractivity contribution in [3.63, 3.8) is 0 Å². The Bertz CT molecular complexity index is 452. The number of aryl methyl sites for hydroxylation is 1. The van der Waals surface area contributed by atoms with E-state index in [1.165, 1.54) is 6.42 Å². The molecule has 1 fully saturated rings. The summed E-state index contributed by atoms with van der Waals surface area (Å²) in [5.41, 5.74) is 3.03. The van der Waals surface area contributed by atoms with Crippen molar-refractivity contribution >= 4 is 5.91 Å². The van der Waals surface area contributed by atoms with Gasteiger partial charge in [-0.1, -0.05) is 12.1 Å². The fourth-order valence-corrected chi connectivity index (χ4v) is 2.53. The fraction of sp³-hybridized carbons (Fsp3) is 0.562. The molecule has 1 aromatic rings. The minimum absolute atomic E-state index is 0.124. The Hall–Kier alpha value is -1.35. The second-order valence-corrected chi connectivity index (χ2v) is 5.41. The topological polar surface area (TPSA) is 40.5 Å². The molecule has 0 aromatic heterocycles. The highest BCUT2D eigenvalue weighted by Gasteiger charge is 2.29. The normalized spacial score (nSPS) is 15.1. The molecule has 0 radical (unpaired) electrons. The van der Waals surface area contributed by atoms with Crippen LogP contribution in [0.15, 0.2) is 18.2 Å². The zero-order chi connectivity index (χ0) is 13.8. The molecule has 1 aromatic carbocycles. The molecule has 0 spiro atoms. The van der Waals surface area contributed by atoms with Crippen molar-refractivity contribution in [2.75, 3.05) is 13.2 Å². The molecule has 0 saturated heterocycles. The van der Waals surface area contributed by atoms with Crippen LogP contribution in [0, 0.1) is 13.8 Å². The van der Waals surface area contributed by atoms with Gasteiger partial charge in [0, 0.05) is 24.8 Å². The largest absolute Gasteiger partial charge is 0.396 e. The van der Waals surface area contributed by atoms with Crippen LogP contribution in [0.2, 0.25) is 0 Å². The van der Waals surface area contributed by atoms with Gasteiger partial charge in [0.1, 0.15) is 0 Å². The van der Waals surface area contributed by atoms with Gasteiger partial charge in [-0.2, -0.15) is 0 Å². The van der Waals surface area contributed by atoms with Crippen LogP contribution < -0.4 is 0 Å². The van der Waals surface area contributed by atoms with Gasteiger partial charge in [0.2, 0.25) is 0 Å². The summed E-state index contributed by atoms with van der Waals surface area (Å²) >= 11 is 0. The van der Waals surface area contributed by atoms with Crippen LogP contribution in [0.3, 0.4) is 0 Å². The van der Waals surface area contributed by atoms with Crippen LogP contribution in [0.5, 0.6) is 0 Å². The van der Waals surface area contributed by atoms with Gasteiger partial charge < -0.3 is 10.0 Å². The molecule has 0 atom stereocenters. The standard InChI is InChI=1S/C16H23NO2/c1-12-6-3-9-15(13(12)2)16(19)17(10-5-11-18)14-7-4-8-14/h3,6,9,14,18H,4-5,7-8,10-11H2,1-2H3. The van der Waals surface area contributed by atoms with Gasteiger partial charge in [0.15, 0.2) is 0 Å². The van der Waals surface area contributed by atoms with Crippen molar-refractivity contribution in [3.05, 3.63) is 34.9 Å². The number of amides is 1. The number of nitrogens with zero attached hydrogens (tertiary/aromatic N) is 1. The van der Waals surface area contributed by atoms with Gasteiger partial charge >= 0.3 is 0 Å². The van der Waals surface area contributed by atoms with Crippen LogP contribution in [0.25, 0.3) is 0 Å². The Labute approximate surface area is 115 Å². The first-order valence-corrected chi connectivity index (χ1v) is 7.13. The first-order chi connectivity index (χ1) is 9.15. The Balaban J connectivity index is 2.20. The van der Waals surface area contributed by atoms with Crippen molar-refractivity contribution < 1.29 is 9.90 Å². The van der Waals surface area contributed by atoms with E-state index in [2.05, 4.69) is 0 Å². The van der Waals surface area contributed by atoms with Crippen molar-refractivity contribution in [3.8, 4) is 0 Å². The molecule has 3 nitrogen and oxygen atoms in total. The highest BCUT2D eigenvalue weighted by atomic mass is 16.3. The van der Waals surface area contributed by atoms with E-state index < -0.39 is 0 Å². The summed E-state index contributed by atoms with van der Waals surface area (Å²) in [4.78, 5) is 14.7. The summed E-state index contributed by atoms with van der Waals surface area (Å²) in [7, 11) is 0. The molecular formula is C16H23NO2.